The van der Waals surface area contributed by atoms with Crippen molar-refractivity contribution in [3.63, 3.8) is 0 Å². The van der Waals surface area contributed by atoms with Gasteiger partial charge in [0.2, 0.25) is 0 Å². The Morgan fingerprint density at radius 2 is 1.71 bits per heavy atom. The van der Waals surface area contributed by atoms with E-state index in [1.165, 1.54) is 19.3 Å². The molecule has 21 heavy (non-hydrogen) atoms. The summed E-state index contributed by atoms with van der Waals surface area (Å²) in [7, 11) is 0. The minimum atomic E-state index is 0.363. The predicted molar refractivity (Wildman–Crippen MR) is 93.0 cm³/mol. The largest absolute Gasteiger partial charge is 0.330 e. The molecule has 1 aromatic carbocycles. The molecule has 3 heteroatoms. The topological polar surface area (TPSA) is 26.0 Å². The second-order valence-corrected chi connectivity index (χ2v) is 8.35. The van der Waals surface area contributed by atoms with Crippen LogP contribution in [-0.4, -0.2) is 6.54 Å². The van der Waals surface area contributed by atoms with E-state index < -0.39 is 0 Å². The summed E-state index contributed by atoms with van der Waals surface area (Å²) in [6, 6.07) is 5.78. The fourth-order valence-electron chi connectivity index (χ4n) is 3.66. The van der Waals surface area contributed by atoms with E-state index in [9.17, 15) is 0 Å². The van der Waals surface area contributed by atoms with Gasteiger partial charge in [-0.15, -0.1) is 0 Å². The highest BCUT2D eigenvalue weighted by molar-refractivity contribution is 6.35. The maximum atomic E-state index is 6.35. The van der Waals surface area contributed by atoms with Crippen LogP contribution < -0.4 is 5.73 Å². The van der Waals surface area contributed by atoms with E-state index in [0.717, 1.165) is 34.5 Å². The van der Waals surface area contributed by atoms with Gasteiger partial charge in [0.1, 0.15) is 0 Å². The lowest BCUT2D eigenvalue weighted by atomic mass is 9.64. The summed E-state index contributed by atoms with van der Waals surface area (Å²) < 4.78 is 0. The van der Waals surface area contributed by atoms with Crippen molar-refractivity contribution in [2.45, 2.75) is 46.5 Å². The summed E-state index contributed by atoms with van der Waals surface area (Å²) in [6.45, 7) is 7.81. The molecule has 3 atom stereocenters. The van der Waals surface area contributed by atoms with Crippen molar-refractivity contribution in [2.75, 3.05) is 6.54 Å². The fourth-order valence-corrected chi connectivity index (χ4v) is 4.21. The lowest BCUT2D eigenvalue weighted by Crippen LogP contribution is -2.36. The summed E-state index contributed by atoms with van der Waals surface area (Å²) in [5.74, 6) is 1.94. The van der Waals surface area contributed by atoms with E-state index in [4.69, 9.17) is 28.9 Å². The minimum absolute atomic E-state index is 0.363. The van der Waals surface area contributed by atoms with Crippen LogP contribution >= 0.6 is 23.2 Å². The Labute approximate surface area is 139 Å². The van der Waals surface area contributed by atoms with Gasteiger partial charge in [0.25, 0.3) is 0 Å². The molecule has 0 amide bonds. The molecule has 1 aliphatic rings. The third-order valence-corrected chi connectivity index (χ3v) is 5.90. The van der Waals surface area contributed by atoms with Crippen LogP contribution in [0.4, 0.5) is 0 Å². The molecule has 3 unspecified atom stereocenters. The van der Waals surface area contributed by atoms with Gasteiger partial charge >= 0.3 is 0 Å². The maximum Gasteiger partial charge on any atom is 0.0452 e. The van der Waals surface area contributed by atoms with Crippen LogP contribution in [0.3, 0.4) is 0 Å². The smallest absolute Gasteiger partial charge is 0.0452 e. The van der Waals surface area contributed by atoms with Crippen LogP contribution in [0.25, 0.3) is 0 Å². The molecule has 0 saturated heterocycles. The van der Waals surface area contributed by atoms with Crippen LogP contribution in [0.5, 0.6) is 0 Å². The van der Waals surface area contributed by atoms with Crippen LogP contribution in [0.1, 0.15) is 45.6 Å². The Kier molecular flexibility index (Phi) is 5.62. The lowest BCUT2D eigenvalue weighted by Gasteiger charge is -2.42. The van der Waals surface area contributed by atoms with Crippen molar-refractivity contribution < 1.29 is 0 Å². The normalized spacial score (nSPS) is 26.9. The zero-order valence-electron chi connectivity index (χ0n) is 13.3. The van der Waals surface area contributed by atoms with Crippen LogP contribution in [0.15, 0.2) is 18.2 Å². The molecule has 1 aliphatic carbocycles. The van der Waals surface area contributed by atoms with E-state index in [1.807, 2.05) is 18.2 Å². The predicted octanol–water partition coefficient (Wildman–Crippen LogP) is 5.57. The first-order valence-electron chi connectivity index (χ1n) is 7.96. The van der Waals surface area contributed by atoms with Crippen LogP contribution in [0, 0.1) is 23.2 Å². The second kappa shape index (κ2) is 6.89. The van der Waals surface area contributed by atoms with Crippen molar-refractivity contribution in [1.29, 1.82) is 0 Å². The molecule has 1 saturated carbocycles. The van der Waals surface area contributed by atoms with Crippen molar-refractivity contribution in [3.8, 4) is 0 Å². The number of rotatable bonds is 3. The summed E-state index contributed by atoms with van der Waals surface area (Å²) in [5.41, 5.74) is 7.47. The highest BCUT2D eigenvalue weighted by Crippen LogP contribution is 2.44. The van der Waals surface area contributed by atoms with Crippen molar-refractivity contribution >= 4 is 23.2 Å². The average molecular weight is 328 g/mol. The first kappa shape index (κ1) is 17.1. The summed E-state index contributed by atoms with van der Waals surface area (Å²) in [4.78, 5) is 0. The Morgan fingerprint density at radius 1 is 1.10 bits per heavy atom. The van der Waals surface area contributed by atoms with Gasteiger partial charge in [0.05, 0.1) is 0 Å². The van der Waals surface area contributed by atoms with Gasteiger partial charge in [-0.25, -0.2) is 0 Å². The Hall–Kier alpha value is -0.240. The maximum absolute atomic E-state index is 6.35. The third-order valence-electron chi connectivity index (χ3n) is 5.20. The van der Waals surface area contributed by atoms with E-state index in [0.29, 0.717) is 17.3 Å². The molecule has 0 heterocycles. The average Bonchev–Trinajstić information content (AvgIpc) is 2.42. The summed E-state index contributed by atoms with van der Waals surface area (Å²) in [6.07, 6.45) is 4.70. The molecule has 0 radical (unpaired) electrons. The Morgan fingerprint density at radius 3 is 2.24 bits per heavy atom. The number of nitrogens with two attached hydrogens (primary N) is 1. The van der Waals surface area contributed by atoms with Gasteiger partial charge in [-0.2, -0.15) is 0 Å². The first-order valence-corrected chi connectivity index (χ1v) is 8.71. The highest BCUT2D eigenvalue weighted by atomic mass is 35.5. The Bertz CT molecular complexity index is 458. The quantitative estimate of drug-likeness (QED) is 0.771. The monoisotopic (exact) mass is 327 g/mol. The molecule has 0 bridgehead atoms. The molecule has 1 nitrogen and oxygen atoms in total. The standard InChI is InChI=1S/C18H27Cl2N/c1-18(2,3)14-8-7-12(11-21)13(9-14)10-15-16(19)5-4-6-17(15)20/h4-6,12-14H,7-11,21H2,1-3H3. The second-order valence-electron chi connectivity index (χ2n) is 7.54. The molecule has 0 aliphatic heterocycles. The number of halogens is 2. The van der Waals surface area contributed by atoms with Gasteiger partial charge in [-0.1, -0.05) is 50.0 Å². The highest BCUT2D eigenvalue weighted by Gasteiger charge is 2.35. The van der Waals surface area contributed by atoms with Gasteiger partial charge in [0, 0.05) is 10.0 Å². The molecular formula is C18H27Cl2N. The van der Waals surface area contributed by atoms with E-state index >= 15 is 0 Å². The van der Waals surface area contributed by atoms with Gasteiger partial charge in [-0.05, 0) is 73.1 Å². The van der Waals surface area contributed by atoms with Crippen molar-refractivity contribution in [1.82, 2.24) is 0 Å². The Balaban J connectivity index is 2.18. The lowest BCUT2D eigenvalue weighted by molar-refractivity contribution is 0.101. The molecule has 1 fully saturated rings. The van der Waals surface area contributed by atoms with E-state index in [1.54, 1.807) is 0 Å². The summed E-state index contributed by atoms with van der Waals surface area (Å²) >= 11 is 12.7. The van der Waals surface area contributed by atoms with Crippen LogP contribution in [0.2, 0.25) is 10.0 Å². The van der Waals surface area contributed by atoms with Crippen molar-refractivity contribution in [3.05, 3.63) is 33.8 Å². The SMILES string of the molecule is CC(C)(C)C1CCC(CN)C(Cc2c(Cl)cccc2Cl)C1. The van der Waals surface area contributed by atoms with Gasteiger partial charge < -0.3 is 5.73 Å². The minimum Gasteiger partial charge on any atom is -0.330 e. The van der Waals surface area contributed by atoms with Crippen LogP contribution in [-0.2, 0) is 6.42 Å². The van der Waals surface area contributed by atoms with Gasteiger partial charge in [0.15, 0.2) is 0 Å². The molecular weight excluding hydrogens is 301 g/mol. The number of benzene rings is 1. The molecule has 118 valence electrons. The molecule has 2 rings (SSSR count). The first-order chi connectivity index (χ1) is 9.82. The summed E-state index contributed by atoms with van der Waals surface area (Å²) in [5, 5.41) is 1.58. The van der Waals surface area contributed by atoms with Crippen molar-refractivity contribution in [2.24, 2.45) is 28.9 Å². The van der Waals surface area contributed by atoms with Gasteiger partial charge in [-0.3, -0.25) is 0 Å². The number of hydrogen-bond donors (Lipinski definition) is 1. The molecule has 1 aromatic rings. The molecule has 0 aromatic heterocycles. The molecule has 0 spiro atoms. The van der Waals surface area contributed by atoms with E-state index in [-0.39, 0.29) is 0 Å². The zero-order chi connectivity index (χ0) is 15.6. The van der Waals surface area contributed by atoms with E-state index in [2.05, 4.69) is 20.8 Å². The third kappa shape index (κ3) is 4.15. The zero-order valence-corrected chi connectivity index (χ0v) is 14.8. The molecule has 2 N–H and O–H groups in total. The number of hydrogen-bond acceptors (Lipinski definition) is 1. The fraction of sp³-hybridized carbons (Fsp3) is 0.667.